The number of nitrogens with zero attached hydrogens (tertiary/aromatic N) is 1. The molecule has 2 heterocycles. The van der Waals surface area contributed by atoms with Crippen molar-refractivity contribution in [3.63, 3.8) is 0 Å². The summed E-state index contributed by atoms with van der Waals surface area (Å²) in [5.41, 5.74) is 0.898. The van der Waals surface area contributed by atoms with Crippen LogP contribution >= 0.6 is 11.6 Å². The minimum absolute atomic E-state index is 0.0594. The average Bonchev–Trinajstić information content (AvgIpc) is 3.16. The molecule has 1 saturated heterocycles. The molecule has 0 amide bonds. The lowest BCUT2D eigenvalue weighted by atomic mass is 10.0. The topological polar surface area (TPSA) is 67.4 Å². The van der Waals surface area contributed by atoms with E-state index in [4.69, 9.17) is 21.1 Å². The van der Waals surface area contributed by atoms with Gasteiger partial charge in [-0.05, 0) is 12.1 Å². The predicted octanol–water partition coefficient (Wildman–Crippen LogP) is 2.26. The van der Waals surface area contributed by atoms with Crippen LogP contribution < -0.4 is 0 Å². The molecule has 0 bridgehead atoms. The zero-order valence-electron chi connectivity index (χ0n) is 11.5. The summed E-state index contributed by atoms with van der Waals surface area (Å²) in [6.07, 6.45) is 4.50. The number of aliphatic hydroxyl groups is 1. The number of nitrogens with one attached hydrogen (secondary N) is 1. The van der Waals surface area contributed by atoms with Crippen molar-refractivity contribution in [3.05, 3.63) is 53.1 Å². The summed E-state index contributed by atoms with van der Waals surface area (Å²) in [5.74, 6) is 0.0214. The van der Waals surface area contributed by atoms with E-state index < -0.39 is 5.79 Å². The molecular weight excluding hydrogens is 292 g/mol. The first-order valence-electron chi connectivity index (χ1n) is 6.89. The van der Waals surface area contributed by atoms with E-state index in [1.54, 1.807) is 12.4 Å². The SMILES string of the molecule is OC[C@H]1CO[C@](CCc2ncc[nH]2)(c2ccc(Cl)cc2)O1. The van der Waals surface area contributed by atoms with Crippen molar-refractivity contribution in [2.45, 2.75) is 24.7 Å². The molecule has 0 radical (unpaired) electrons. The van der Waals surface area contributed by atoms with E-state index >= 15 is 0 Å². The van der Waals surface area contributed by atoms with Gasteiger partial charge in [0.15, 0.2) is 5.79 Å². The van der Waals surface area contributed by atoms with E-state index in [9.17, 15) is 5.11 Å². The van der Waals surface area contributed by atoms with Gasteiger partial charge in [0.2, 0.25) is 0 Å². The van der Waals surface area contributed by atoms with Crippen molar-refractivity contribution >= 4 is 11.6 Å². The van der Waals surface area contributed by atoms with Gasteiger partial charge in [0.1, 0.15) is 11.9 Å². The van der Waals surface area contributed by atoms with Gasteiger partial charge in [0.05, 0.1) is 13.2 Å². The highest BCUT2D eigenvalue weighted by atomic mass is 35.5. The smallest absolute Gasteiger partial charge is 0.195 e. The lowest BCUT2D eigenvalue weighted by molar-refractivity contribution is -0.184. The molecular formula is C15H17ClN2O3. The van der Waals surface area contributed by atoms with Gasteiger partial charge in [0.25, 0.3) is 0 Å². The minimum Gasteiger partial charge on any atom is -0.394 e. The first kappa shape index (κ1) is 14.5. The highest BCUT2D eigenvalue weighted by molar-refractivity contribution is 6.30. The number of hydrogen-bond donors (Lipinski definition) is 2. The fourth-order valence-corrected chi connectivity index (χ4v) is 2.63. The predicted molar refractivity (Wildman–Crippen MR) is 77.9 cm³/mol. The minimum atomic E-state index is -0.856. The number of aromatic nitrogens is 2. The normalized spacial score (nSPS) is 25.3. The van der Waals surface area contributed by atoms with Gasteiger partial charge in [-0.25, -0.2) is 4.98 Å². The third-order valence-corrected chi connectivity index (χ3v) is 3.84. The van der Waals surface area contributed by atoms with Gasteiger partial charge in [-0.15, -0.1) is 0 Å². The third-order valence-electron chi connectivity index (χ3n) is 3.59. The van der Waals surface area contributed by atoms with E-state index in [2.05, 4.69) is 9.97 Å². The summed E-state index contributed by atoms with van der Waals surface area (Å²) in [5, 5.41) is 9.96. The maximum atomic E-state index is 9.30. The van der Waals surface area contributed by atoms with E-state index in [0.29, 0.717) is 24.5 Å². The molecule has 2 aromatic rings. The molecule has 1 aliphatic heterocycles. The number of ether oxygens (including phenoxy) is 2. The summed E-state index contributed by atoms with van der Waals surface area (Å²) in [6.45, 7) is 0.313. The van der Waals surface area contributed by atoms with Crippen LogP contribution in [0, 0.1) is 0 Å². The van der Waals surface area contributed by atoms with Crippen LogP contribution in [0.4, 0.5) is 0 Å². The van der Waals surface area contributed by atoms with Crippen LogP contribution in [0.2, 0.25) is 5.02 Å². The fourth-order valence-electron chi connectivity index (χ4n) is 2.50. The molecule has 112 valence electrons. The van der Waals surface area contributed by atoms with Crippen LogP contribution in [0.1, 0.15) is 17.8 Å². The van der Waals surface area contributed by atoms with E-state index in [1.165, 1.54) is 0 Å². The molecule has 0 saturated carbocycles. The zero-order chi connectivity index (χ0) is 14.7. The first-order chi connectivity index (χ1) is 10.2. The number of aliphatic hydroxyl groups excluding tert-OH is 1. The quantitative estimate of drug-likeness (QED) is 0.889. The number of imidazole rings is 1. The number of halogens is 1. The van der Waals surface area contributed by atoms with Crippen LogP contribution in [-0.2, 0) is 21.7 Å². The molecule has 6 heteroatoms. The fraction of sp³-hybridized carbons (Fsp3) is 0.400. The van der Waals surface area contributed by atoms with Gasteiger partial charge < -0.3 is 19.6 Å². The van der Waals surface area contributed by atoms with E-state index in [1.807, 2.05) is 24.3 Å². The van der Waals surface area contributed by atoms with Gasteiger partial charge in [-0.1, -0.05) is 23.7 Å². The average molecular weight is 309 g/mol. The Bertz CT molecular complexity index is 573. The number of aromatic amines is 1. The second kappa shape index (κ2) is 6.15. The highest BCUT2D eigenvalue weighted by Crippen LogP contribution is 2.38. The summed E-state index contributed by atoms with van der Waals surface area (Å²) in [4.78, 5) is 7.29. The van der Waals surface area contributed by atoms with Crippen LogP contribution in [-0.4, -0.2) is 34.4 Å². The number of rotatable bonds is 5. The lowest BCUT2D eigenvalue weighted by Gasteiger charge is -2.28. The van der Waals surface area contributed by atoms with Crippen molar-refractivity contribution in [2.75, 3.05) is 13.2 Å². The Labute approximate surface area is 127 Å². The molecule has 0 unspecified atom stereocenters. The Kier molecular flexibility index (Phi) is 4.26. The number of benzene rings is 1. The molecule has 2 atom stereocenters. The summed E-state index contributed by atoms with van der Waals surface area (Å²) >= 11 is 5.94. The van der Waals surface area contributed by atoms with Gasteiger partial charge in [-0.3, -0.25) is 0 Å². The Morgan fingerprint density at radius 3 is 2.81 bits per heavy atom. The molecule has 5 nitrogen and oxygen atoms in total. The molecule has 3 rings (SSSR count). The summed E-state index contributed by atoms with van der Waals surface area (Å²) in [7, 11) is 0. The Hall–Kier alpha value is -1.40. The van der Waals surface area contributed by atoms with Crippen molar-refractivity contribution < 1.29 is 14.6 Å². The molecule has 0 spiro atoms. The molecule has 1 fully saturated rings. The van der Waals surface area contributed by atoms with Crippen molar-refractivity contribution in [1.82, 2.24) is 9.97 Å². The maximum Gasteiger partial charge on any atom is 0.195 e. The van der Waals surface area contributed by atoms with E-state index in [0.717, 1.165) is 11.4 Å². The summed E-state index contributed by atoms with van der Waals surface area (Å²) in [6, 6.07) is 7.41. The molecule has 2 N–H and O–H groups in total. The van der Waals surface area contributed by atoms with Crippen LogP contribution in [0.15, 0.2) is 36.7 Å². The van der Waals surface area contributed by atoms with Crippen molar-refractivity contribution in [2.24, 2.45) is 0 Å². The van der Waals surface area contributed by atoms with Crippen LogP contribution in [0.5, 0.6) is 0 Å². The van der Waals surface area contributed by atoms with Crippen molar-refractivity contribution in [1.29, 1.82) is 0 Å². The molecule has 1 aromatic carbocycles. The van der Waals surface area contributed by atoms with Gasteiger partial charge in [0, 0.05) is 35.8 Å². The highest BCUT2D eigenvalue weighted by Gasteiger charge is 2.42. The van der Waals surface area contributed by atoms with Crippen LogP contribution in [0.3, 0.4) is 0 Å². The first-order valence-corrected chi connectivity index (χ1v) is 7.26. The Morgan fingerprint density at radius 1 is 1.38 bits per heavy atom. The molecule has 0 aliphatic carbocycles. The van der Waals surface area contributed by atoms with Gasteiger partial charge in [-0.2, -0.15) is 0 Å². The van der Waals surface area contributed by atoms with Gasteiger partial charge >= 0.3 is 0 Å². The Balaban J connectivity index is 1.82. The number of aryl methyl sites for hydroxylation is 1. The number of hydrogen-bond acceptors (Lipinski definition) is 4. The lowest BCUT2D eigenvalue weighted by Crippen LogP contribution is -2.29. The molecule has 21 heavy (non-hydrogen) atoms. The summed E-state index contributed by atoms with van der Waals surface area (Å²) < 4.78 is 11.9. The zero-order valence-corrected chi connectivity index (χ0v) is 12.2. The second-order valence-electron chi connectivity index (χ2n) is 5.03. The number of H-pyrrole nitrogens is 1. The monoisotopic (exact) mass is 308 g/mol. The third kappa shape index (κ3) is 3.11. The maximum absolute atomic E-state index is 9.30. The largest absolute Gasteiger partial charge is 0.394 e. The van der Waals surface area contributed by atoms with Crippen molar-refractivity contribution in [3.8, 4) is 0 Å². The Morgan fingerprint density at radius 2 is 2.19 bits per heavy atom. The second-order valence-corrected chi connectivity index (χ2v) is 5.47. The molecule has 1 aromatic heterocycles. The van der Waals surface area contributed by atoms with Crippen LogP contribution in [0.25, 0.3) is 0 Å². The molecule has 1 aliphatic rings. The van der Waals surface area contributed by atoms with E-state index in [-0.39, 0.29) is 12.7 Å². The standard InChI is InChI=1S/C15H17ClN2O3/c16-12-3-1-11(2-4-12)15(20-10-13(9-19)21-15)6-5-14-17-7-8-18-14/h1-4,7-8,13,19H,5-6,9-10H2,(H,17,18)/t13-,15-/m0/s1.